The van der Waals surface area contributed by atoms with Crippen molar-refractivity contribution in [3.8, 4) is 0 Å². The lowest BCUT2D eigenvalue weighted by Gasteiger charge is -2.18. The standard InChI is InChI=1S/C14H22ClN3O/c1-4-12-9-11(10-13(15)17-12)14(19)16-7-8-18(5-2)6-3/h9-10H,4-8H2,1-3H3,(H,16,19). The first-order valence-electron chi connectivity index (χ1n) is 6.77. The molecule has 0 atom stereocenters. The largest absolute Gasteiger partial charge is 0.351 e. The smallest absolute Gasteiger partial charge is 0.251 e. The minimum absolute atomic E-state index is 0.0915. The first-order valence-corrected chi connectivity index (χ1v) is 7.15. The maximum Gasteiger partial charge on any atom is 0.251 e. The quantitative estimate of drug-likeness (QED) is 0.782. The highest BCUT2D eigenvalue weighted by Crippen LogP contribution is 2.11. The van der Waals surface area contributed by atoms with Crippen LogP contribution in [0.5, 0.6) is 0 Å². The lowest BCUT2D eigenvalue weighted by atomic mass is 10.2. The second-order valence-electron chi connectivity index (χ2n) is 4.31. The van der Waals surface area contributed by atoms with Gasteiger partial charge in [0.25, 0.3) is 5.91 Å². The van der Waals surface area contributed by atoms with Crippen LogP contribution < -0.4 is 5.32 Å². The SMILES string of the molecule is CCc1cc(C(=O)NCCN(CC)CC)cc(Cl)n1. The van der Waals surface area contributed by atoms with Crippen molar-refractivity contribution in [3.05, 3.63) is 28.5 Å². The summed E-state index contributed by atoms with van der Waals surface area (Å²) in [6, 6.07) is 3.39. The molecule has 19 heavy (non-hydrogen) atoms. The van der Waals surface area contributed by atoms with Crippen LogP contribution in [0.25, 0.3) is 0 Å². The summed E-state index contributed by atoms with van der Waals surface area (Å²) >= 11 is 5.90. The Morgan fingerprint density at radius 2 is 2.00 bits per heavy atom. The summed E-state index contributed by atoms with van der Waals surface area (Å²) < 4.78 is 0. The number of hydrogen-bond donors (Lipinski definition) is 1. The van der Waals surface area contributed by atoms with Gasteiger partial charge in [-0.1, -0.05) is 32.4 Å². The topological polar surface area (TPSA) is 45.2 Å². The molecular weight excluding hydrogens is 262 g/mol. The van der Waals surface area contributed by atoms with E-state index in [0.29, 0.717) is 17.3 Å². The van der Waals surface area contributed by atoms with E-state index in [1.54, 1.807) is 12.1 Å². The molecule has 0 aromatic carbocycles. The van der Waals surface area contributed by atoms with E-state index in [-0.39, 0.29) is 5.91 Å². The summed E-state index contributed by atoms with van der Waals surface area (Å²) in [5.41, 5.74) is 1.41. The van der Waals surface area contributed by atoms with Crippen molar-refractivity contribution in [1.82, 2.24) is 15.2 Å². The number of nitrogens with zero attached hydrogens (tertiary/aromatic N) is 2. The van der Waals surface area contributed by atoms with Gasteiger partial charge in [-0.25, -0.2) is 4.98 Å². The third kappa shape index (κ3) is 5.17. The van der Waals surface area contributed by atoms with Gasteiger partial charge >= 0.3 is 0 Å². The fourth-order valence-corrected chi connectivity index (χ4v) is 2.06. The maximum atomic E-state index is 12.0. The number of aromatic nitrogens is 1. The molecule has 106 valence electrons. The van der Waals surface area contributed by atoms with Crippen LogP contribution in [0.3, 0.4) is 0 Å². The van der Waals surface area contributed by atoms with Crippen molar-refractivity contribution in [2.75, 3.05) is 26.2 Å². The number of carbonyl (C=O) groups is 1. The molecule has 1 aromatic rings. The van der Waals surface area contributed by atoms with Crippen molar-refractivity contribution in [2.24, 2.45) is 0 Å². The predicted octanol–water partition coefficient (Wildman–Crippen LogP) is 2.37. The van der Waals surface area contributed by atoms with Crippen LogP contribution in [0.4, 0.5) is 0 Å². The highest BCUT2D eigenvalue weighted by molar-refractivity contribution is 6.29. The monoisotopic (exact) mass is 283 g/mol. The van der Waals surface area contributed by atoms with Gasteiger partial charge in [0.1, 0.15) is 5.15 Å². The van der Waals surface area contributed by atoms with Gasteiger partial charge in [-0.3, -0.25) is 4.79 Å². The molecule has 1 heterocycles. The molecule has 0 radical (unpaired) electrons. The van der Waals surface area contributed by atoms with E-state index < -0.39 is 0 Å². The number of hydrogen-bond acceptors (Lipinski definition) is 3. The Hall–Kier alpha value is -1.13. The van der Waals surface area contributed by atoms with E-state index in [1.165, 1.54) is 0 Å². The van der Waals surface area contributed by atoms with Crippen molar-refractivity contribution in [1.29, 1.82) is 0 Å². The lowest BCUT2D eigenvalue weighted by Crippen LogP contribution is -2.34. The fraction of sp³-hybridized carbons (Fsp3) is 0.571. The summed E-state index contributed by atoms with van der Waals surface area (Å²) in [4.78, 5) is 18.4. The predicted molar refractivity (Wildman–Crippen MR) is 78.7 cm³/mol. The highest BCUT2D eigenvalue weighted by atomic mass is 35.5. The van der Waals surface area contributed by atoms with Gasteiger partial charge in [-0.15, -0.1) is 0 Å². The number of likely N-dealkylation sites (N-methyl/N-ethyl adjacent to an activating group) is 1. The van der Waals surface area contributed by atoms with Crippen LogP contribution in [-0.2, 0) is 6.42 Å². The molecular formula is C14H22ClN3O. The van der Waals surface area contributed by atoms with Gasteiger partial charge in [0, 0.05) is 24.3 Å². The Morgan fingerprint density at radius 1 is 1.32 bits per heavy atom. The number of carbonyl (C=O) groups excluding carboxylic acids is 1. The van der Waals surface area contributed by atoms with Crippen molar-refractivity contribution >= 4 is 17.5 Å². The molecule has 0 aliphatic heterocycles. The molecule has 0 fully saturated rings. The van der Waals surface area contributed by atoms with Crippen LogP contribution in [0, 0.1) is 0 Å². The van der Waals surface area contributed by atoms with Gasteiger partial charge in [-0.05, 0) is 31.6 Å². The van der Waals surface area contributed by atoms with E-state index in [9.17, 15) is 4.79 Å². The molecule has 0 aliphatic carbocycles. The number of nitrogens with one attached hydrogen (secondary N) is 1. The Kier molecular flexibility index (Phi) is 6.81. The second-order valence-corrected chi connectivity index (χ2v) is 4.69. The molecule has 1 aromatic heterocycles. The average Bonchev–Trinajstić information content (AvgIpc) is 2.42. The minimum atomic E-state index is -0.0915. The zero-order valence-corrected chi connectivity index (χ0v) is 12.6. The Balaban J connectivity index is 2.56. The molecule has 0 unspecified atom stereocenters. The molecule has 0 saturated carbocycles. The summed E-state index contributed by atoms with van der Waals surface area (Å²) in [6.45, 7) is 9.70. The summed E-state index contributed by atoms with van der Waals surface area (Å²) in [5.74, 6) is -0.0915. The van der Waals surface area contributed by atoms with Crippen LogP contribution >= 0.6 is 11.6 Å². The minimum Gasteiger partial charge on any atom is -0.351 e. The third-order valence-corrected chi connectivity index (χ3v) is 3.27. The van der Waals surface area contributed by atoms with E-state index in [1.807, 2.05) is 6.92 Å². The lowest BCUT2D eigenvalue weighted by molar-refractivity contribution is 0.0948. The molecule has 1 amide bonds. The zero-order valence-electron chi connectivity index (χ0n) is 11.9. The summed E-state index contributed by atoms with van der Waals surface area (Å²) in [6.07, 6.45) is 0.764. The summed E-state index contributed by atoms with van der Waals surface area (Å²) in [5, 5.41) is 3.28. The van der Waals surface area contributed by atoms with E-state index >= 15 is 0 Å². The molecule has 1 N–H and O–H groups in total. The molecule has 0 spiro atoms. The van der Waals surface area contributed by atoms with Crippen molar-refractivity contribution in [2.45, 2.75) is 27.2 Å². The summed E-state index contributed by atoms with van der Waals surface area (Å²) in [7, 11) is 0. The zero-order chi connectivity index (χ0) is 14.3. The third-order valence-electron chi connectivity index (χ3n) is 3.08. The van der Waals surface area contributed by atoms with E-state index in [2.05, 4.69) is 29.0 Å². The molecule has 5 heteroatoms. The van der Waals surface area contributed by atoms with Gasteiger partial charge in [-0.2, -0.15) is 0 Å². The molecule has 0 saturated heterocycles. The average molecular weight is 284 g/mol. The van der Waals surface area contributed by atoms with Crippen molar-refractivity contribution in [3.63, 3.8) is 0 Å². The van der Waals surface area contributed by atoms with Gasteiger partial charge in [0.2, 0.25) is 0 Å². The number of rotatable bonds is 7. The number of pyridine rings is 1. The first-order chi connectivity index (χ1) is 9.10. The molecule has 1 rings (SSSR count). The Labute approximate surface area is 120 Å². The first kappa shape index (κ1) is 15.9. The molecule has 4 nitrogen and oxygen atoms in total. The van der Waals surface area contributed by atoms with Crippen LogP contribution in [0.1, 0.15) is 36.8 Å². The van der Waals surface area contributed by atoms with Gasteiger partial charge in [0.15, 0.2) is 0 Å². The number of aryl methyl sites for hydroxylation is 1. The number of halogens is 1. The Morgan fingerprint density at radius 3 is 2.58 bits per heavy atom. The molecule has 0 bridgehead atoms. The number of amides is 1. The van der Waals surface area contributed by atoms with Crippen LogP contribution in [0.2, 0.25) is 5.15 Å². The van der Waals surface area contributed by atoms with Gasteiger partial charge < -0.3 is 10.2 Å². The molecule has 0 aliphatic rings. The highest BCUT2D eigenvalue weighted by Gasteiger charge is 2.08. The Bertz CT molecular complexity index is 419. The van der Waals surface area contributed by atoms with Gasteiger partial charge in [0.05, 0.1) is 0 Å². The second kappa shape index (κ2) is 8.12. The van der Waals surface area contributed by atoms with Crippen LogP contribution in [-0.4, -0.2) is 42.0 Å². The van der Waals surface area contributed by atoms with E-state index in [0.717, 1.165) is 31.7 Å². The van der Waals surface area contributed by atoms with E-state index in [4.69, 9.17) is 11.6 Å². The van der Waals surface area contributed by atoms with Crippen molar-refractivity contribution < 1.29 is 4.79 Å². The fourth-order valence-electron chi connectivity index (χ4n) is 1.83. The van der Waals surface area contributed by atoms with Crippen LogP contribution in [0.15, 0.2) is 12.1 Å². The normalized spacial score (nSPS) is 10.8. The maximum absolute atomic E-state index is 12.0.